The molecular weight excluding hydrogens is 188 g/mol. The van der Waals surface area contributed by atoms with Gasteiger partial charge in [0.25, 0.3) is 0 Å². The van der Waals surface area contributed by atoms with Crippen molar-refractivity contribution in [2.45, 2.75) is 38.1 Å². The average Bonchev–Trinajstić information content (AvgIpc) is 3.03. The van der Waals surface area contributed by atoms with Crippen LogP contribution in [0.2, 0.25) is 0 Å². The molecule has 2 aliphatic rings. The number of carbonyl (C=O) groups excluding carboxylic acids is 1. The number of hydrogen-bond acceptors (Lipinski definition) is 2. The molecule has 2 aliphatic carbocycles. The molecule has 1 amide bonds. The van der Waals surface area contributed by atoms with Gasteiger partial charge in [0.1, 0.15) is 0 Å². The van der Waals surface area contributed by atoms with Crippen molar-refractivity contribution in [3.8, 4) is 0 Å². The second-order valence-corrected chi connectivity index (χ2v) is 4.78. The first kappa shape index (κ1) is 10.7. The van der Waals surface area contributed by atoms with Crippen LogP contribution in [-0.2, 0) is 4.79 Å². The lowest BCUT2D eigenvalue weighted by atomic mass is 9.87. The molecule has 0 aromatic rings. The van der Waals surface area contributed by atoms with Gasteiger partial charge in [-0.3, -0.25) is 4.79 Å². The van der Waals surface area contributed by atoms with Crippen LogP contribution in [0.1, 0.15) is 32.1 Å². The maximum atomic E-state index is 11.4. The van der Waals surface area contributed by atoms with Gasteiger partial charge in [0.2, 0.25) is 5.91 Å². The highest BCUT2D eigenvalue weighted by Crippen LogP contribution is 2.28. The van der Waals surface area contributed by atoms with Crippen LogP contribution in [0.15, 0.2) is 12.2 Å². The second-order valence-electron chi connectivity index (χ2n) is 4.78. The van der Waals surface area contributed by atoms with Crippen LogP contribution >= 0.6 is 0 Å². The monoisotopic (exact) mass is 208 g/mol. The van der Waals surface area contributed by atoms with E-state index in [1.54, 1.807) is 0 Å². The molecule has 0 saturated heterocycles. The molecule has 1 saturated carbocycles. The Balaban J connectivity index is 1.85. The predicted octanol–water partition coefficient (Wildman–Crippen LogP) is 1.20. The molecule has 84 valence electrons. The molecule has 0 spiro atoms. The van der Waals surface area contributed by atoms with Gasteiger partial charge in [0.05, 0.1) is 6.04 Å². The second kappa shape index (κ2) is 4.79. The van der Waals surface area contributed by atoms with Gasteiger partial charge in [-0.25, -0.2) is 0 Å². The smallest absolute Gasteiger partial charge is 0.234 e. The van der Waals surface area contributed by atoms with Gasteiger partial charge in [0.15, 0.2) is 0 Å². The number of nitrogens with two attached hydrogens (primary N) is 1. The minimum absolute atomic E-state index is 0.115. The van der Waals surface area contributed by atoms with Gasteiger partial charge < -0.3 is 11.1 Å². The van der Waals surface area contributed by atoms with Crippen LogP contribution in [-0.4, -0.2) is 18.5 Å². The summed E-state index contributed by atoms with van der Waals surface area (Å²) in [5.41, 5.74) is 5.45. The Morgan fingerprint density at radius 3 is 2.73 bits per heavy atom. The number of primary amides is 1. The lowest BCUT2D eigenvalue weighted by molar-refractivity contribution is -0.121. The van der Waals surface area contributed by atoms with Crippen LogP contribution in [0, 0.1) is 11.8 Å². The van der Waals surface area contributed by atoms with Crippen molar-refractivity contribution in [2.24, 2.45) is 17.6 Å². The van der Waals surface area contributed by atoms with Crippen LogP contribution in [0.3, 0.4) is 0 Å². The van der Waals surface area contributed by atoms with Crippen molar-refractivity contribution in [3.63, 3.8) is 0 Å². The Hall–Kier alpha value is -0.830. The number of hydrogen-bond donors (Lipinski definition) is 2. The Morgan fingerprint density at radius 1 is 1.40 bits per heavy atom. The fourth-order valence-electron chi connectivity index (χ4n) is 2.23. The van der Waals surface area contributed by atoms with Crippen molar-refractivity contribution in [2.75, 3.05) is 6.54 Å². The maximum absolute atomic E-state index is 11.4. The van der Waals surface area contributed by atoms with Crippen LogP contribution in [0.4, 0.5) is 0 Å². The minimum Gasteiger partial charge on any atom is -0.368 e. The van der Waals surface area contributed by atoms with E-state index in [0.717, 1.165) is 31.7 Å². The zero-order valence-corrected chi connectivity index (χ0v) is 9.11. The number of nitrogens with one attached hydrogen (secondary N) is 1. The Morgan fingerprint density at radius 2 is 2.20 bits per heavy atom. The fourth-order valence-corrected chi connectivity index (χ4v) is 2.23. The van der Waals surface area contributed by atoms with E-state index in [2.05, 4.69) is 17.5 Å². The summed E-state index contributed by atoms with van der Waals surface area (Å²) in [6, 6.07) is -0.115. The summed E-state index contributed by atoms with van der Waals surface area (Å²) >= 11 is 0. The van der Waals surface area contributed by atoms with E-state index in [0.29, 0.717) is 5.92 Å². The number of amides is 1. The summed E-state index contributed by atoms with van der Waals surface area (Å²) in [6.45, 7) is 0.966. The first-order valence-corrected chi connectivity index (χ1v) is 5.95. The molecule has 3 N–H and O–H groups in total. The summed E-state index contributed by atoms with van der Waals surface area (Å²) in [6.07, 6.45) is 10.1. The average molecular weight is 208 g/mol. The molecule has 0 heterocycles. The lowest BCUT2D eigenvalue weighted by Gasteiger charge is -2.26. The molecule has 15 heavy (non-hydrogen) atoms. The Kier molecular flexibility index (Phi) is 3.41. The van der Waals surface area contributed by atoms with E-state index in [1.807, 2.05) is 0 Å². The van der Waals surface area contributed by atoms with E-state index in [9.17, 15) is 4.79 Å². The van der Waals surface area contributed by atoms with E-state index in [4.69, 9.17) is 5.73 Å². The molecule has 2 unspecified atom stereocenters. The topological polar surface area (TPSA) is 55.1 Å². The minimum atomic E-state index is -0.184. The van der Waals surface area contributed by atoms with E-state index >= 15 is 0 Å². The van der Waals surface area contributed by atoms with Crippen LogP contribution in [0.25, 0.3) is 0 Å². The third-order valence-electron chi connectivity index (χ3n) is 3.41. The third-order valence-corrected chi connectivity index (χ3v) is 3.41. The normalized spacial score (nSPS) is 27.6. The molecular formula is C12H20N2O. The van der Waals surface area contributed by atoms with Crippen molar-refractivity contribution in [1.29, 1.82) is 0 Å². The van der Waals surface area contributed by atoms with Crippen molar-refractivity contribution in [3.05, 3.63) is 12.2 Å². The summed E-state index contributed by atoms with van der Waals surface area (Å²) in [4.78, 5) is 11.4. The highest BCUT2D eigenvalue weighted by molar-refractivity contribution is 5.80. The van der Waals surface area contributed by atoms with Gasteiger partial charge in [0, 0.05) is 0 Å². The molecule has 0 radical (unpaired) electrons. The van der Waals surface area contributed by atoms with E-state index in [1.165, 1.54) is 12.8 Å². The van der Waals surface area contributed by atoms with Crippen LogP contribution < -0.4 is 11.1 Å². The molecule has 2 rings (SSSR count). The summed E-state index contributed by atoms with van der Waals surface area (Å²) in [5.74, 6) is 1.02. The zero-order valence-electron chi connectivity index (χ0n) is 9.11. The lowest BCUT2D eigenvalue weighted by Crippen LogP contribution is -2.47. The van der Waals surface area contributed by atoms with Gasteiger partial charge in [-0.05, 0) is 50.5 Å². The van der Waals surface area contributed by atoms with Crippen molar-refractivity contribution in [1.82, 2.24) is 5.32 Å². The number of rotatable bonds is 5. The molecule has 2 atom stereocenters. The number of allylic oxidation sites excluding steroid dienone is 2. The summed E-state index contributed by atoms with van der Waals surface area (Å²) < 4.78 is 0. The molecule has 0 aliphatic heterocycles. The molecule has 3 heteroatoms. The van der Waals surface area contributed by atoms with E-state index in [-0.39, 0.29) is 11.9 Å². The largest absolute Gasteiger partial charge is 0.368 e. The highest BCUT2D eigenvalue weighted by atomic mass is 16.1. The van der Waals surface area contributed by atoms with Gasteiger partial charge in [-0.1, -0.05) is 12.2 Å². The SMILES string of the molecule is NC(=O)C(NCC1CC1)C1CC=CCC1. The number of carbonyl (C=O) groups is 1. The van der Waals surface area contributed by atoms with Crippen molar-refractivity contribution < 1.29 is 4.79 Å². The predicted molar refractivity (Wildman–Crippen MR) is 60.2 cm³/mol. The summed E-state index contributed by atoms with van der Waals surface area (Å²) in [7, 11) is 0. The first-order valence-electron chi connectivity index (χ1n) is 5.95. The first-order chi connectivity index (χ1) is 7.27. The van der Waals surface area contributed by atoms with Crippen LogP contribution in [0.5, 0.6) is 0 Å². The standard InChI is InChI=1S/C12H20N2O/c13-12(15)11(14-8-9-6-7-9)10-4-2-1-3-5-10/h1-2,9-11,14H,3-8H2,(H2,13,15). The third kappa shape index (κ3) is 3.06. The van der Waals surface area contributed by atoms with Gasteiger partial charge in [-0.15, -0.1) is 0 Å². The highest BCUT2D eigenvalue weighted by Gasteiger charge is 2.29. The zero-order chi connectivity index (χ0) is 10.7. The molecule has 0 aromatic carbocycles. The van der Waals surface area contributed by atoms with Gasteiger partial charge >= 0.3 is 0 Å². The molecule has 0 aromatic heterocycles. The maximum Gasteiger partial charge on any atom is 0.234 e. The molecule has 0 bridgehead atoms. The van der Waals surface area contributed by atoms with E-state index < -0.39 is 0 Å². The van der Waals surface area contributed by atoms with Gasteiger partial charge in [-0.2, -0.15) is 0 Å². The Bertz CT molecular complexity index is 258. The quantitative estimate of drug-likeness (QED) is 0.667. The molecule has 1 fully saturated rings. The Labute approximate surface area is 91.1 Å². The van der Waals surface area contributed by atoms with Crippen molar-refractivity contribution >= 4 is 5.91 Å². The summed E-state index contributed by atoms with van der Waals surface area (Å²) in [5, 5.41) is 3.34. The fraction of sp³-hybridized carbons (Fsp3) is 0.750. The molecule has 3 nitrogen and oxygen atoms in total.